The van der Waals surface area contributed by atoms with E-state index in [0.717, 1.165) is 58.3 Å². The molecule has 0 radical (unpaired) electrons. The molecule has 7 heteroatoms. The zero-order valence-electron chi connectivity index (χ0n) is 13.9. The van der Waals surface area contributed by atoms with Gasteiger partial charge in [-0.3, -0.25) is 4.99 Å². The number of hydrogen-bond donors (Lipinski definition) is 2. The fourth-order valence-corrected chi connectivity index (χ4v) is 2.56. The molecule has 0 amide bonds. The summed E-state index contributed by atoms with van der Waals surface area (Å²) in [4.78, 5) is 4.57. The maximum Gasteiger partial charge on any atom is 0.191 e. The molecule has 0 aliphatic carbocycles. The summed E-state index contributed by atoms with van der Waals surface area (Å²) in [6, 6.07) is 0. The van der Waals surface area contributed by atoms with Gasteiger partial charge < -0.3 is 20.1 Å². The Morgan fingerprint density at radius 2 is 2.18 bits per heavy atom. The Labute approximate surface area is 156 Å². The van der Waals surface area contributed by atoms with Gasteiger partial charge in [0.2, 0.25) is 0 Å². The summed E-state index contributed by atoms with van der Waals surface area (Å²) < 4.78 is 11.0. The summed E-state index contributed by atoms with van der Waals surface area (Å²) in [5, 5.41) is 6.66. The standard InChI is InChI=1S/C15H31N3O2S.HI/c1-3-16-15(17-8-4-5-12-21-2)18-9-6-10-20-14-7-11-19-13-14;/h14H,3-13H2,1-2H3,(H2,16,17,18);1H. The van der Waals surface area contributed by atoms with E-state index in [1.807, 2.05) is 11.8 Å². The Morgan fingerprint density at radius 3 is 2.86 bits per heavy atom. The van der Waals surface area contributed by atoms with Crippen molar-refractivity contribution in [1.29, 1.82) is 0 Å². The molecule has 1 heterocycles. The monoisotopic (exact) mass is 445 g/mol. The number of hydrogen-bond acceptors (Lipinski definition) is 4. The second-order valence-corrected chi connectivity index (χ2v) is 6.08. The normalized spacial score (nSPS) is 18.1. The minimum absolute atomic E-state index is 0. The number of aliphatic imine (C=N–C) groups is 1. The maximum absolute atomic E-state index is 5.73. The van der Waals surface area contributed by atoms with Gasteiger partial charge in [-0.25, -0.2) is 0 Å². The number of nitrogens with one attached hydrogen (secondary N) is 2. The Balaban J connectivity index is 0.00000441. The Hall–Kier alpha value is 0.270. The van der Waals surface area contributed by atoms with Crippen LogP contribution in [0.2, 0.25) is 0 Å². The van der Waals surface area contributed by atoms with E-state index >= 15 is 0 Å². The van der Waals surface area contributed by atoms with E-state index in [9.17, 15) is 0 Å². The number of ether oxygens (including phenoxy) is 2. The molecular weight excluding hydrogens is 413 g/mol. The van der Waals surface area contributed by atoms with Crippen molar-refractivity contribution in [2.75, 3.05) is 51.5 Å². The molecule has 0 aromatic rings. The van der Waals surface area contributed by atoms with E-state index in [0.29, 0.717) is 6.10 Å². The molecule has 1 saturated heterocycles. The quantitative estimate of drug-likeness (QED) is 0.222. The SMILES string of the molecule is CCNC(=NCCCOC1CCOC1)NCCCCSC.I. The van der Waals surface area contributed by atoms with E-state index in [1.54, 1.807) is 0 Å². The molecule has 1 unspecified atom stereocenters. The van der Waals surface area contributed by atoms with Crippen LogP contribution in [0.15, 0.2) is 4.99 Å². The fourth-order valence-electron chi connectivity index (χ4n) is 2.07. The Kier molecular flexibility index (Phi) is 16.3. The van der Waals surface area contributed by atoms with Crippen LogP contribution in [0.25, 0.3) is 0 Å². The minimum atomic E-state index is 0. The summed E-state index contributed by atoms with van der Waals surface area (Å²) in [5.74, 6) is 2.16. The smallest absolute Gasteiger partial charge is 0.191 e. The second-order valence-electron chi connectivity index (χ2n) is 5.10. The van der Waals surface area contributed by atoms with Crippen molar-refractivity contribution in [1.82, 2.24) is 10.6 Å². The molecule has 1 aliphatic rings. The lowest BCUT2D eigenvalue weighted by Gasteiger charge is -2.12. The van der Waals surface area contributed by atoms with Crippen LogP contribution in [0.4, 0.5) is 0 Å². The summed E-state index contributed by atoms with van der Waals surface area (Å²) in [6.45, 7) is 7.14. The summed E-state index contributed by atoms with van der Waals surface area (Å²) >= 11 is 1.90. The number of nitrogens with zero attached hydrogens (tertiary/aromatic N) is 1. The van der Waals surface area contributed by atoms with Gasteiger partial charge in [-0.05, 0) is 44.6 Å². The van der Waals surface area contributed by atoms with E-state index < -0.39 is 0 Å². The van der Waals surface area contributed by atoms with Gasteiger partial charge in [0.25, 0.3) is 0 Å². The number of guanidine groups is 1. The Bertz CT molecular complexity index is 278. The lowest BCUT2D eigenvalue weighted by Crippen LogP contribution is -2.38. The van der Waals surface area contributed by atoms with Crippen LogP contribution in [0.1, 0.15) is 32.6 Å². The second kappa shape index (κ2) is 16.1. The molecule has 1 rings (SSSR count). The molecule has 0 saturated carbocycles. The topological polar surface area (TPSA) is 54.9 Å². The highest BCUT2D eigenvalue weighted by Gasteiger charge is 2.15. The molecule has 0 spiro atoms. The van der Waals surface area contributed by atoms with Crippen molar-refractivity contribution in [2.24, 2.45) is 4.99 Å². The van der Waals surface area contributed by atoms with Crippen LogP contribution >= 0.6 is 35.7 Å². The van der Waals surface area contributed by atoms with Crippen molar-refractivity contribution >= 4 is 41.7 Å². The van der Waals surface area contributed by atoms with Gasteiger partial charge in [0.1, 0.15) is 0 Å². The van der Waals surface area contributed by atoms with E-state index in [1.165, 1.54) is 18.6 Å². The van der Waals surface area contributed by atoms with Crippen molar-refractivity contribution in [2.45, 2.75) is 38.7 Å². The van der Waals surface area contributed by atoms with Crippen LogP contribution in [0, 0.1) is 0 Å². The first-order valence-corrected chi connectivity index (χ1v) is 9.46. The molecule has 1 aliphatic heterocycles. The molecule has 0 bridgehead atoms. The van der Waals surface area contributed by atoms with E-state index in [4.69, 9.17) is 9.47 Å². The van der Waals surface area contributed by atoms with Gasteiger partial charge in [0, 0.05) is 32.8 Å². The number of halogens is 1. The summed E-state index contributed by atoms with van der Waals surface area (Å²) in [7, 11) is 0. The third-order valence-electron chi connectivity index (χ3n) is 3.23. The Morgan fingerprint density at radius 1 is 1.32 bits per heavy atom. The van der Waals surface area contributed by atoms with Crippen LogP contribution in [0.3, 0.4) is 0 Å². The zero-order chi connectivity index (χ0) is 15.2. The van der Waals surface area contributed by atoms with Gasteiger partial charge in [-0.15, -0.1) is 24.0 Å². The van der Waals surface area contributed by atoms with Crippen LogP contribution in [-0.4, -0.2) is 63.5 Å². The van der Waals surface area contributed by atoms with E-state index in [-0.39, 0.29) is 24.0 Å². The third kappa shape index (κ3) is 11.8. The summed E-state index contributed by atoms with van der Waals surface area (Å²) in [6.07, 6.45) is 6.89. The molecule has 0 aromatic heterocycles. The number of thioether (sulfide) groups is 1. The molecule has 132 valence electrons. The minimum Gasteiger partial charge on any atom is -0.379 e. The first-order valence-electron chi connectivity index (χ1n) is 8.07. The first-order chi connectivity index (χ1) is 10.4. The zero-order valence-corrected chi connectivity index (χ0v) is 17.1. The van der Waals surface area contributed by atoms with Crippen LogP contribution in [-0.2, 0) is 9.47 Å². The van der Waals surface area contributed by atoms with Crippen molar-refractivity contribution < 1.29 is 9.47 Å². The van der Waals surface area contributed by atoms with Gasteiger partial charge in [0.15, 0.2) is 5.96 Å². The van der Waals surface area contributed by atoms with Gasteiger partial charge in [-0.2, -0.15) is 11.8 Å². The fraction of sp³-hybridized carbons (Fsp3) is 0.933. The highest BCUT2D eigenvalue weighted by atomic mass is 127. The molecule has 5 nitrogen and oxygen atoms in total. The molecule has 1 fully saturated rings. The predicted octanol–water partition coefficient (Wildman–Crippen LogP) is 2.50. The van der Waals surface area contributed by atoms with Crippen molar-refractivity contribution in [3.8, 4) is 0 Å². The van der Waals surface area contributed by atoms with Crippen molar-refractivity contribution in [3.63, 3.8) is 0 Å². The number of unbranched alkanes of at least 4 members (excludes halogenated alkanes) is 1. The van der Waals surface area contributed by atoms with Gasteiger partial charge in [0.05, 0.1) is 12.7 Å². The van der Waals surface area contributed by atoms with Gasteiger partial charge >= 0.3 is 0 Å². The van der Waals surface area contributed by atoms with Crippen molar-refractivity contribution in [3.05, 3.63) is 0 Å². The third-order valence-corrected chi connectivity index (χ3v) is 3.92. The predicted molar refractivity (Wildman–Crippen MR) is 107 cm³/mol. The first kappa shape index (κ1) is 22.3. The highest BCUT2D eigenvalue weighted by Crippen LogP contribution is 2.08. The highest BCUT2D eigenvalue weighted by molar-refractivity contribution is 14.0. The summed E-state index contributed by atoms with van der Waals surface area (Å²) in [5.41, 5.74) is 0. The maximum atomic E-state index is 5.73. The van der Waals surface area contributed by atoms with E-state index in [2.05, 4.69) is 28.8 Å². The molecule has 22 heavy (non-hydrogen) atoms. The van der Waals surface area contributed by atoms with Crippen LogP contribution < -0.4 is 10.6 Å². The average molecular weight is 445 g/mol. The lowest BCUT2D eigenvalue weighted by atomic mass is 10.3. The molecular formula is C15H32IN3O2S. The molecule has 1 atom stereocenters. The average Bonchev–Trinajstić information content (AvgIpc) is 3.00. The van der Waals surface area contributed by atoms with Gasteiger partial charge in [-0.1, -0.05) is 0 Å². The molecule has 0 aromatic carbocycles. The molecule has 2 N–H and O–H groups in total. The largest absolute Gasteiger partial charge is 0.379 e. The number of rotatable bonds is 11. The lowest BCUT2D eigenvalue weighted by molar-refractivity contribution is 0.0424. The van der Waals surface area contributed by atoms with Crippen LogP contribution in [0.5, 0.6) is 0 Å².